The third-order valence-corrected chi connectivity index (χ3v) is 2.71. The number of halogens is 3. The molecule has 4 nitrogen and oxygen atoms in total. The Labute approximate surface area is 118 Å². The van der Waals surface area contributed by atoms with Crippen LogP contribution in [-0.4, -0.2) is 5.91 Å². The number of alkyl halides is 3. The van der Waals surface area contributed by atoms with Crippen molar-refractivity contribution in [2.75, 3.05) is 5.73 Å². The summed E-state index contributed by atoms with van der Waals surface area (Å²) in [6.07, 6.45) is -4.57. The van der Waals surface area contributed by atoms with E-state index in [2.05, 4.69) is 0 Å². The van der Waals surface area contributed by atoms with Crippen LogP contribution in [0.15, 0.2) is 42.5 Å². The van der Waals surface area contributed by atoms with E-state index in [0.717, 1.165) is 12.1 Å². The Kier molecular flexibility index (Phi) is 3.75. The normalized spacial score (nSPS) is 11.2. The van der Waals surface area contributed by atoms with Crippen LogP contribution >= 0.6 is 0 Å². The molecule has 110 valence electrons. The second kappa shape index (κ2) is 5.35. The Morgan fingerprint density at radius 3 is 2.29 bits per heavy atom. The lowest BCUT2D eigenvalue weighted by Gasteiger charge is -2.13. The molecular formula is C14H11F3N2O2. The van der Waals surface area contributed by atoms with E-state index in [0.29, 0.717) is 6.07 Å². The number of anilines is 1. The zero-order valence-electron chi connectivity index (χ0n) is 10.6. The number of nitrogens with two attached hydrogens (primary N) is 2. The van der Waals surface area contributed by atoms with Crippen LogP contribution in [0.5, 0.6) is 11.5 Å². The number of hydrogen-bond acceptors (Lipinski definition) is 3. The Morgan fingerprint density at radius 2 is 1.71 bits per heavy atom. The average molecular weight is 296 g/mol. The number of benzene rings is 2. The SMILES string of the molecule is NC(=O)c1cc(C(F)(F)F)ccc1Oc1ccccc1N. The molecule has 2 rings (SSSR count). The van der Waals surface area contributed by atoms with Crippen molar-refractivity contribution >= 4 is 11.6 Å². The predicted molar refractivity (Wildman–Crippen MR) is 70.9 cm³/mol. The van der Waals surface area contributed by atoms with Gasteiger partial charge in [0, 0.05) is 0 Å². The molecule has 0 saturated carbocycles. The summed E-state index contributed by atoms with van der Waals surface area (Å²) in [6.45, 7) is 0. The first-order chi connectivity index (χ1) is 9.79. The lowest BCUT2D eigenvalue weighted by Crippen LogP contribution is -2.15. The summed E-state index contributed by atoms with van der Waals surface area (Å²) >= 11 is 0. The third kappa shape index (κ3) is 3.25. The number of primary amides is 1. The van der Waals surface area contributed by atoms with Crippen LogP contribution in [0.25, 0.3) is 0 Å². The molecule has 0 bridgehead atoms. The molecule has 0 unspecified atom stereocenters. The molecule has 7 heteroatoms. The summed E-state index contributed by atoms with van der Waals surface area (Å²) < 4.78 is 43.3. The average Bonchev–Trinajstić information content (AvgIpc) is 2.40. The molecule has 0 aliphatic heterocycles. The summed E-state index contributed by atoms with van der Waals surface area (Å²) in [7, 11) is 0. The largest absolute Gasteiger partial charge is 0.454 e. The van der Waals surface area contributed by atoms with Crippen molar-refractivity contribution in [3.8, 4) is 11.5 Å². The van der Waals surface area contributed by atoms with Crippen molar-refractivity contribution in [1.29, 1.82) is 0 Å². The molecule has 1 amide bonds. The molecule has 2 aromatic rings. The molecule has 0 aliphatic carbocycles. The molecule has 2 aromatic carbocycles. The zero-order valence-corrected chi connectivity index (χ0v) is 10.6. The van der Waals surface area contributed by atoms with Gasteiger partial charge in [-0.2, -0.15) is 13.2 Å². The van der Waals surface area contributed by atoms with Gasteiger partial charge < -0.3 is 16.2 Å². The first-order valence-corrected chi connectivity index (χ1v) is 5.82. The van der Waals surface area contributed by atoms with Crippen LogP contribution in [0.1, 0.15) is 15.9 Å². The molecule has 0 aliphatic rings. The molecule has 0 fully saturated rings. The lowest BCUT2D eigenvalue weighted by atomic mass is 10.1. The van der Waals surface area contributed by atoms with Crippen LogP contribution < -0.4 is 16.2 Å². The van der Waals surface area contributed by atoms with Gasteiger partial charge in [-0.1, -0.05) is 12.1 Å². The van der Waals surface area contributed by atoms with Crippen LogP contribution in [0.4, 0.5) is 18.9 Å². The third-order valence-electron chi connectivity index (χ3n) is 2.71. The summed E-state index contributed by atoms with van der Waals surface area (Å²) in [6, 6.07) is 8.89. The van der Waals surface area contributed by atoms with E-state index in [-0.39, 0.29) is 22.7 Å². The van der Waals surface area contributed by atoms with Crippen LogP contribution in [0, 0.1) is 0 Å². The fourth-order valence-corrected chi connectivity index (χ4v) is 1.68. The molecule has 4 N–H and O–H groups in total. The van der Waals surface area contributed by atoms with Gasteiger partial charge in [-0.05, 0) is 30.3 Å². The van der Waals surface area contributed by atoms with Gasteiger partial charge >= 0.3 is 6.18 Å². The standard InChI is InChI=1S/C14H11F3N2O2/c15-14(16,17)8-5-6-11(9(7-8)13(19)20)21-12-4-2-1-3-10(12)18/h1-7H,18H2,(H2,19,20). The number of rotatable bonds is 3. The summed E-state index contributed by atoms with van der Waals surface area (Å²) in [5, 5.41) is 0. The van der Waals surface area contributed by atoms with Crippen LogP contribution in [0.3, 0.4) is 0 Å². The van der Waals surface area contributed by atoms with Gasteiger partial charge in [-0.15, -0.1) is 0 Å². The number of amides is 1. The van der Waals surface area contributed by atoms with Crippen molar-refractivity contribution in [1.82, 2.24) is 0 Å². The number of carbonyl (C=O) groups is 1. The molecule has 0 saturated heterocycles. The van der Waals surface area contributed by atoms with E-state index in [1.807, 2.05) is 0 Å². The Morgan fingerprint density at radius 1 is 1.05 bits per heavy atom. The molecule has 0 spiro atoms. The topological polar surface area (TPSA) is 78.3 Å². The molecule has 0 radical (unpaired) electrons. The maximum absolute atomic E-state index is 12.6. The summed E-state index contributed by atoms with van der Waals surface area (Å²) in [5.74, 6) is -0.890. The van der Waals surface area contributed by atoms with Crippen molar-refractivity contribution in [3.05, 3.63) is 53.6 Å². The Balaban J connectivity index is 2.45. The smallest absolute Gasteiger partial charge is 0.416 e. The van der Waals surface area contributed by atoms with Gasteiger partial charge in [-0.25, -0.2) is 0 Å². The highest BCUT2D eigenvalue weighted by Gasteiger charge is 2.31. The highest BCUT2D eigenvalue weighted by molar-refractivity contribution is 5.96. The number of hydrogen-bond donors (Lipinski definition) is 2. The van der Waals surface area contributed by atoms with Gasteiger partial charge in [0.1, 0.15) is 11.5 Å². The molecule has 0 aromatic heterocycles. The van der Waals surface area contributed by atoms with E-state index in [1.54, 1.807) is 18.2 Å². The number of nitrogen functional groups attached to an aromatic ring is 1. The van der Waals surface area contributed by atoms with E-state index in [9.17, 15) is 18.0 Å². The Bertz CT molecular complexity index is 684. The van der Waals surface area contributed by atoms with Crippen molar-refractivity contribution < 1.29 is 22.7 Å². The maximum atomic E-state index is 12.6. The maximum Gasteiger partial charge on any atom is 0.416 e. The van der Waals surface area contributed by atoms with Crippen LogP contribution in [0.2, 0.25) is 0 Å². The predicted octanol–water partition coefficient (Wildman–Crippen LogP) is 3.18. The van der Waals surface area contributed by atoms with E-state index >= 15 is 0 Å². The van der Waals surface area contributed by atoms with Crippen molar-refractivity contribution in [2.24, 2.45) is 5.73 Å². The Hall–Kier alpha value is -2.70. The molecular weight excluding hydrogens is 285 g/mol. The van der Waals surface area contributed by atoms with Gasteiger partial charge in [0.15, 0.2) is 0 Å². The molecule has 21 heavy (non-hydrogen) atoms. The molecule has 0 heterocycles. The van der Waals surface area contributed by atoms with Gasteiger partial charge in [0.2, 0.25) is 0 Å². The first kappa shape index (κ1) is 14.7. The minimum atomic E-state index is -4.57. The zero-order chi connectivity index (χ0) is 15.6. The number of carbonyl (C=O) groups excluding carboxylic acids is 1. The molecule has 0 atom stereocenters. The second-order valence-corrected chi connectivity index (χ2v) is 4.21. The quantitative estimate of drug-likeness (QED) is 0.854. The highest BCUT2D eigenvalue weighted by Crippen LogP contribution is 2.35. The first-order valence-electron chi connectivity index (χ1n) is 5.82. The minimum Gasteiger partial charge on any atom is -0.454 e. The van der Waals surface area contributed by atoms with Gasteiger partial charge in [0.05, 0.1) is 16.8 Å². The summed E-state index contributed by atoms with van der Waals surface area (Å²) in [5.41, 5.74) is 9.71. The number of ether oxygens (including phenoxy) is 1. The van der Waals surface area contributed by atoms with Crippen molar-refractivity contribution in [2.45, 2.75) is 6.18 Å². The van der Waals surface area contributed by atoms with E-state index in [4.69, 9.17) is 16.2 Å². The second-order valence-electron chi connectivity index (χ2n) is 4.21. The van der Waals surface area contributed by atoms with Crippen molar-refractivity contribution in [3.63, 3.8) is 0 Å². The summed E-state index contributed by atoms with van der Waals surface area (Å²) in [4.78, 5) is 11.3. The van der Waals surface area contributed by atoms with Crippen LogP contribution in [-0.2, 0) is 6.18 Å². The van der Waals surface area contributed by atoms with E-state index in [1.165, 1.54) is 6.07 Å². The number of para-hydroxylation sites is 2. The van der Waals surface area contributed by atoms with Gasteiger partial charge in [0.25, 0.3) is 5.91 Å². The van der Waals surface area contributed by atoms with Gasteiger partial charge in [-0.3, -0.25) is 4.79 Å². The monoisotopic (exact) mass is 296 g/mol. The minimum absolute atomic E-state index is 0.0894. The fourth-order valence-electron chi connectivity index (χ4n) is 1.68. The fraction of sp³-hybridized carbons (Fsp3) is 0.0714. The highest BCUT2D eigenvalue weighted by atomic mass is 19.4. The van der Waals surface area contributed by atoms with E-state index < -0.39 is 17.6 Å². The lowest BCUT2D eigenvalue weighted by molar-refractivity contribution is -0.137.